The summed E-state index contributed by atoms with van der Waals surface area (Å²) in [6.45, 7) is 7.54. The monoisotopic (exact) mass is 286 g/mol. The molecule has 0 radical (unpaired) electrons. The van der Waals surface area contributed by atoms with Gasteiger partial charge in [-0.2, -0.15) is 0 Å². The molecule has 1 aromatic rings. The van der Waals surface area contributed by atoms with Gasteiger partial charge in [-0.1, -0.05) is 0 Å². The maximum absolute atomic E-state index is 10.2. The summed E-state index contributed by atoms with van der Waals surface area (Å²) in [7, 11) is 0. The lowest BCUT2D eigenvalue weighted by Crippen LogP contribution is -2.68. The zero-order chi connectivity index (χ0) is 14.4. The Hall–Kier alpha value is -1.29. The smallest absolute Gasteiger partial charge is 0.218 e. The summed E-state index contributed by atoms with van der Waals surface area (Å²) in [5.74, 6) is 3.30. The van der Waals surface area contributed by atoms with Gasteiger partial charge in [0.1, 0.15) is 11.4 Å². The Morgan fingerprint density at radius 1 is 1.19 bits per heavy atom. The number of nitrogens with zero attached hydrogens (tertiary/aromatic N) is 2. The molecule has 1 saturated carbocycles. The lowest BCUT2D eigenvalue weighted by atomic mass is 9.58. The van der Waals surface area contributed by atoms with E-state index in [1.807, 2.05) is 13.8 Å². The third-order valence-electron chi connectivity index (χ3n) is 6.51. The Kier molecular flexibility index (Phi) is 2.18. The quantitative estimate of drug-likeness (QED) is 0.793. The third-order valence-corrected chi connectivity index (χ3v) is 6.51. The second kappa shape index (κ2) is 3.72. The molecule has 1 aliphatic carbocycles. The standard InChI is InChI=1S/C17H22N2O2/c1-9-14-5-17(21-16(14)18-10(2)15(9)20)12-3-11-4-13(17)8-19(6-11)7-12/h11-13,20H,3-8H2,1-2H3. The molecule has 21 heavy (non-hydrogen) atoms. The molecule has 1 aromatic heterocycles. The van der Waals surface area contributed by atoms with Gasteiger partial charge >= 0.3 is 0 Å². The fourth-order valence-electron chi connectivity index (χ4n) is 5.54. The topological polar surface area (TPSA) is 45.6 Å². The molecular formula is C17H22N2O2. The molecule has 4 fully saturated rings. The number of rotatable bonds is 0. The minimum atomic E-state index is -0.0340. The molecule has 1 spiro atoms. The zero-order valence-electron chi connectivity index (χ0n) is 12.7. The van der Waals surface area contributed by atoms with Gasteiger partial charge in [-0.15, -0.1) is 0 Å². The molecule has 4 aliphatic heterocycles. The molecule has 4 heteroatoms. The number of hydrogen-bond donors (Lipinski definition) is 1. The lowest BCUT2D eigenvalue weighted by Gasteiger charge is -2.60. The van der Waals surface area contributed by atoms with Crippen molar-refractivity contribution in [2.24, 2.45) is 17.8 Å². The molecule has 0 aromatic carbocycles. The average Bonchev–Trinajstić information content (AvgIpc) is 2.82. The highest BCUT2D eigenvalue weighted by atomic mass is 16.5. The fourth-order valence-corrected chi connectivity index (χ4v) is 5.54. The fraction of sp³-hybridized carbons (Fsp3) is 0.706. The van der Waals surface area contributed by atoms with E-state index in [0.717, 1.165) is 29.3 Å². The van der Waals surface area contributed by atoms with Gasteiger partial charge in [0.25, 0.3) is 0 Å². The molecule has 2 atom stereocenters. The van der Waals surface area contributed by atoms with Crippen LogP contribution < -0.4 is 4.74 Å². The first-order valence-electron chi connectivity index (χ1n) is 8.17. The predicted octanol–water partition coefficient (Wildman–Crippen LogP) is 2.05. The summed E-state index contributed by atoms with van der Waals surface area (Å²) in [6.07, 6.45) is 3.57. The second-order valence-corrected chi connectivity index (χ2v) is 7.64. The van der Waals surface area contributed by atoms with Crippen LogP contribution in [-0.4, -0.2) is 40.2 Å². The Balaban J connectivity index is 1.60. The third kappa shape index (κ3) is 1.42. The highest BCUT2D eigenvalue weighted by Gasteiger charge is 2.61. The van der Waals surface area contributed by atoms with Gasteiger partial charge in [-0.25, -0.2) is 4.98 Å². The van der Waals surface area contributed by atoms with Gasteiger partial charge in [0, 0.05) is 49.0 Å². The summed E-state index contributed by atoms with van der Waals surface area (Å²) >= 11 is 0. The number of aryl methyl sites for hydroxylation is 1. The number of hydrogen-bond acceptors (Lipinski definition) is 4. The van der Waals surface area contributed by atoms with E-state index >= 15 is 0 Å². The van der Waals surface area contributed by atoms with E-state index < -0.39 is 0 Å². The SMILES string of the molecule is Cc1nc2c(c(C)c1O)CC1(O2)C2CC3CC1CN(C3)C2. The van der Waals surface area contributed by atoms with Crippen LogP contribution in [0.2, 0.25) is 0 Å². The minimum Gasteiger partial charge on any atom is -0.506 e. The van der Waals surface area contributed by atoms with Crippen molar-refractivity contribution in [1.82, 2.24) is 9.88 Å². The molecule has 5 heterocycles. The Bertz CT molecular complexity index is 612. The number of fused-ring (bicyclic) bond motifs is 1. The number of piperidine rings is 3. The van der Waals surface area contributed by atoms with Gasteiger partial charge in [-0.05, 0) is 32.6 Å². The minimum absolute atomic E-state index is 0.0340. The van der Waals surface area contributed by atoms with Crippen LogP contribution in [0.4, 0.5) is 0 Å². The van der Waals surface area contributed by atoms with Gasteiger partial charge < -0.3 is 14.7 Å². The second-order valence-electron chi connectivity index (χ2n) is 7.64. The molecule has 1 N–H and O–H groups in total. The van der Waals surface area contributed by atoms with E-state index in [-0.39, 0.29) is 5.60 Å². The molecule has 2 unspecified atom stereocenters. The number of ether oxygens (including phenoxy) is 1. The first-order valence-corrected chi connectivity index (χ1v) is 8.17. The average molecular weight is 286 g/mol. The van der Waals surface area contributed by atoms with Crippen LogP contribution in [0.25, 0.3) is 0 Å². The summed E-state index contributed by atoms with van der Waals surface area (Å²) in [6, 6.07) is 0. The van der Waals surface area contributed by atoms with Gasteiger partial charge in [-0.3, -0.25) is 0 Å². The van der Waals surface area contributed by atoms with Gasteiger partial charge in [0.15, 0.2) is 0 Å². The van der Waals surface area contributed by atoms with Crippen LogP contribution in [-0.2, 0) is 6.42 Å². The molecular weight excluding hydrogens is 264 g/mol. The number of aromatic nitrogens is 1. The van der Waals surface area contributed by atoms with E-state index in [4.69, 9.17) is 4.74 Å². The maximum atomic E-state index is 10.2. The normalized spacial score (nSPS) is 42.4. The first kappa shape index (κ1) is 12.3. The molecule has 0 amide bonds. The van der Waals surface area contributed by atoms with Crippen molar-refractivity contribution in [2.75, 3.05) is 19.6 Å². The number of aromatic hydroxyl groups is 1. The molecule has 5 aliphatic rings. The Morgan fingerprint density at radius 3 is 2.57 bits per heavy atom. The van der Waals surface area contributed by atoms with Crippen molar-refractivity contribution < 1.29 is 9.84 Å². The molecule has 4 bridgehead atoms. The molecule has 3 saturated heterocycles. The number of pyridine rings is 1. The molecule has 4 nitrogen and oxygen atoms in total. The largest absolute Gasteiger partial charge is 0.506 e. The van der Waals surface area contributed by atoms with Crippen LogP contribution in [0.1, 0.15) is 29.7 Å². The van der Waals surface area contributed by atoms with Crippen LogP contribution in [0.5, 0.6) is 11.6 Å². The Labute approximate surface area is 125 Å². The molecule has 112 valence electrons. The van der Waals surface area contributed by atoms with Crippen molar-refractivity contribution in [2.45, 2.75) is 38.7 Å². The van der Waals surface area contributed by atoms with E-state index in [1.165, 1.54) is 32.5 Å². The van der Waals surface area contributed by atoms with E-state index in [1.54, 1.807) is 0 Å². The zero-order valence-corrected chi connectivity index (χ0v) is 12.7. The van der Waals surface area contributed by atoms with Crippen molar-refractivity contribution in [3.05, 3.63) is 16.8 Å². The van der Waals surface area contributed by atoms with Crippen LogP contribution in [0, 0.1) is 31.6 Å². The lowest BCUT2D eigenvalue weighted by molar-refractivity contribution is -0.159. The van der Waals surface area contributed by atoms with Crippen molar-refractivity contribution in [3.8, 4) is 11.6 Å². The molecule has 6 rings (SSSR count). The summed E-state index contributed by atoms with van der Waals surface area (Å²) in [5.41, 5.74) is 2.79. The van der Waals surface area contributed by atoms with E-state index in [0.29, 0.717) is 23.3 Å². The first-order chi connectivity index (χ1) is 10.1. The van der Waals surface area contributed by atoms with Gasteiger partial charge in [0.05, 0.1) is 5.69 Å². The van der Waals surface area contributed by atoms with Crippen molar-refractivity contribution >= 4 is 0 Å². The van der Waals surface area contributed by atoms with Crippen LogP contribution >= 0.6 is 0 Å². The van der Waals surface area contributed by atoms with Crippen molar-refractivity contribution in [3.63, 3.8) is 0 Å². The van der Waals surface area contributed by atoms with Crippen LogP contribution in [0.15, 0.2) is 0 Å². The highest BCUT2D eigenvalue weighted by molar-refractivity contribution is 5.49. The summed E-state index contributed by atoms with van der Waals surface area (Å²) in [5, 5.41) is 10.2. The van der Waals surface area contributed by atoms with E-state index in [9.17, 15) is 5.11 Å². The summed E-state index contributed by atoms with van der Waals surface area (Å²) in [4.78, 5) is 7.17. The maximum Gasteiger partial charge on any atom is 0.218 e. The van der Waals surface area contributed by atoms with E-state index in [2.05, 4.69) is 9.88 Å². The van der Waals surface area contributed by atoms with Gasteiger partial charge in [0.2, 0.25) is 5.88 Å². The Morgan fingerprint density at radius 2 is 1.90 bits per heavy atom. The van der Waals surface area contributed by atoms with Crippen molar-refractivity contribution in [1.29, 1.82) is 0 Å². The summed E-state index contributed by atoms with van der Waals surface area (Å²) < 4.78 is 6.54. The highest BCUT2D eigenvalue weighted by Crippen LogP contribution is 2.56. The predicted molar refractivity (Wildman–Crippen MR) is 78.6 cm³/mol. The van der Waals surface area contributed by atoms with Crippen LogP contribution in [0.3, 0.4) is 0 Å².